The van der Waals surface area contributed by atoms with Crippen molar-refractivity contribution in [2.24, 2.45) is 0 Å². The smallest absolute Gasteiger partial charge is 0.251 e. The van der Waals surface area contributed by atoms with Crippen LogP contribution in [0.2, 0.25) is 0 Å². The van der Waals surface area contributed by atoms with Gasteiger partial charge in [0.1, 0.15) is 10.0 Å². The minimum atomic E-state index is -3.47. The topological polar surface area (TPSA) is 64.0 Å². The highest BCUT2D eigenvalue weighted by molar-refractivity contribution is 9.10. The zero-order valence-corrected chi connectivity index (χ0v) is 13.9. The van der Waals surface area contributed by atoms with Crippen LogP contribution in [0.3, 0.4) is 0 Å². The number of sulfonamides is 1. The molecule has 2 aromatic rings. The van der Waals surface area contributed by atoms with Gasteiger partial charge in [0, 0.05) is 23.6 Å². The van der Waals surface area contributed by atoms with Crippen LogP contribution in [0, 0.1) is 0 Å². The van der Waals surface area contributed by atoms with Crippen LogP contribution >= 0.6 is 27.3 Å². The molecule has 3 heterocycles. The van der Waals surface area contributed by atoms with Crippen LogP contribution in [0.5, 0.6) is 0 Å². The molecule has 0 fully saturated rings. The van der Waals surface area contributed by atoms with Gasteiger partial charge in [-0.2, -0.15) is 0 Å². The molecule has 20 heavy (non-hydrogen) atoms. The zero-order chi connectivity index (χ0) is 14.2. The Balaban J connectivity index is 1.73. The summed E-state index contributed by atoms with van der Waals surface area (Å²) < 4.78 is 30.0. The van der Waals surface area contributed by atoms with Crippen molar-refractivity contribution in [2.45, 2.75) is 36.6 Å². The fourth-order valence-corrected chi connectivity index (χ4v) is 5.64. The molecule has 0 saturated heterocycles. The van der Waals surface area contributed by atoms with Crippen LogP contribution < -0.4 is 4.72 Å². The minimum Gasteiger partial charge on any atom is -0.335 e. The number of hydrogen-bond acceptors (Lipinski definition) is 4. The van der Waals surface area contributed by atoms with Crippen LogP contribution in [0.25, 0.3) is 0 Å². The van der Waals surface area contributed by atoms with Gasteiger partial charge in [0.25, 0.3) is 10.0 Å². The Hall–Kier alpha value is -0.700. The monoisotopic (exact) mass is 375 g/mol. The van der Waals surface area contributed by atoms with Gasteiger partial charge >= 0.3 is 0 Å². The highest BCUT2D eigenvalue weighted by atomic mass is 79.9. The number of aryl methyl sites for hydroxylation is 2. The lowest BCUT2D eigenvalue weighted by Gasteiger charge is -2.11. The molecule has 0 unspecified atom stereocenters. The summed E-state index contributed by atoms with van der Waals surface area (Å²) in [6, 6.07) is 1.73. The molecule has 1 aliphatic rings. The molecule has 0 atom stereocenters. The second-order valence-electron chi connectivity index (χ2n) is 4.68. The first-order chi connectivity index (χ1) is 9.56. The Morgan fingerprint density at radius 1 is 1.45 bits per heavy atom. The Bertz CT molecular complexity index is 697. The first-order valence-corrected chi connectivity index (χ1v) is 9.49. The van der Waals surface area contributed by atoms with E-state index < -0.39 is 10.0 Å². The maximum absolute atomic E-state index is 12.2. The van der Waals surface area contributed by atoms with E-state index in [0.29, 0.717) is 8.68 Å². The van der Waals surface area contributed by atoms with Crippen molar-refractivity contribution in [1.82, 2.24) is 14.3 Å². The van der Waals surface area contributed by atoms with E-state index in [2.05, 4.69) is 30.2 Å². The normalized spacial score (nSPS) is 15.2. The van der Waals surface area contributed by atoms with Crippen molar-refractivity contribution in [3.8, 4) is 0 Å². The van der Waals surface area contributed by atoms with Crippen LogP contribution in [0.1, 0.15) is 24.4 Å². The molecule has 0 bridgehead atoms. The molecule has 1 aliphatic heterocycles. The fourth-order valence-electron chi connectivity index (χ4n) is 2.26. The summed E-state index contributed by atoms with van der Waals surface area (Å²) in [5.74, 6) is 1.06. The molecule has 2 aromatic heterocycles. The van der Waals surface area contributed by atoms with Crippen molar-refractivity contribution in [3.63, 3.8) is 0 Å². The highest BCUT2D eigenvalue weighted by Gasteiger charge is 2.20. The van der Waals surface area contributed by atoms with Gasteiger partial charge in [-0.1, -0.05) is 0 Å². The third-order valence-electron chi connectivity index (χ3n) is 3.23. The molecule has 0 amide bonds. The van der Waals surface area contributed by atoms with Crippen molar-refractivity contribution >= 4 is 37.3 Å². The second-order valence-corrected chi connectivity index (χ2v) is 8.41. The summed E-state index contributed by atoms with van der Waals surface area (Å²) in [6.45, 7) is 1.21. The number of hydrogen-bond donors (Lipinski definition) is 1. The van der Waals surface area contributed by atoms with E-state index in [1.165, 1.54) is 11.3 Å². The molecule has 5 nitrogen and oxygen atoms in total. The van der Waals surface area contributed by atoms with Crippen molar-refractivity contribution < 1.29 is 8.42 Å². The largest absolute Gasteiger partial charge is 0.335 e. The van der Waals surface area contributed by atoms with E-state index in [1.54, 1.807) is 11.4 Å². The van der Waals surface area contributed by atoms with Gasteiger partial charge in [0.05, 0.1) is 12.2 Å². The number of aromatic nitrogens is 2. The maximum atomic E-state index is 12.2. The van der Waals surface area contributed by atoms with E-state index in [-0.39, 0.29) is 6.54 Å². The van der Waals surface area contributed by atoms with Gasteiger partial charge in [-0.15, -0.1) is 11.3 Å². The average molecular weight is 376 g/mol. The summed E-state index contributed by atoms with van der Waals surface area (Å²) in [5, 5.41) is 1.74. The molecular formula is C12H14BrN3O2S2. The average Bonchev–Trinajstić information content (AvgIpc) is 3.02. The molecule has 108 valence electrons. The minimum absolute atomic E-state index is 0.229. The molecule has 1 N–H and O–H groups in total. The van der Waals surface area contributed by atoms with Crippen LogP contribution in [-0.2, 0) is 29.5 Å². The number of imidazole rings is 1. The van der Waals surface area contributed by atoms with Gasteiger partial charge in [-0.05, 0) is 40.2 Å². The summed E-state index contributed by atoms with van der Waals surface area (Å²) in [4.78, 5) is 4.49. The summed E-state index contributed by atoms with van der Waals surface area (Å²) in [5.41, 5.74) is 0.776. The lowest BCUT2D eigenvalue weighted by molar-refractivity contribution is 0.522. The molecule has 0 spiro atoms. The van der Waals surface area contributed by atoms with Crippen molar-refractivity contribution in [3.05, 3.63) is 33.6 Å². The quantitative estimate of drug-likeness (QED) is 0.892. The van der Waals surface area contributed by atoms with E-state index in [1.807, 2.05) is 6.20 Å². The SMILES string of the molecule is O=S(=O)(NCc1cn2c(n1)CCCC2)c1sccc1Br. The number of halogens is 1. The Labute approximate surface area is 130 Å². The van der Waals surface area contributed by atoms with Gasteiger partial charge in [0.15, 0.2) is 0 Å². The lowest BCUT2D eigenvalue weighted by atomic mass is 10.2. The summed E-state index contributed by atoms with van der Waals surface area (Å²) in [6.07, 6.45) is 5.24. The number of nitrogens with zero attached hydrogens (tertiary/aromatic N) is 2. The van der Waals surface area contributed by atoms with E-state index in [9.17, 15) is 8.42 Å². The standard InChI is InChI=1S/C12H14BrN3O2S2/c13-10-4-6-19-12(10)20(17,18)14-7-9-8-16-5-2-1-3-11(16)15-9/h4,6,8,14H,1-3,5,7H2. The Morgan fingerprint density at radius 3 is 3.00 bits per heavy atom. The van der Waals surface area contributed by atoms with Crippen LogP contribution in [-0.4, -0.2) is 18.0 Å². The fraction of sp³-hybridized carbons (Fsp3) is 0.417. The van der Waals surface area contributed by atoms with Crippen molar-refractivity contribution in [2.75, 3.05) is 0 Å². The van der Waals surface area contributed by atoms with Crippen LogP contribution in [0.4, 0.5) is 0 Å². The van der Waals surface area contributed by atoms with E-state index in [4.69, 9.17) is 0 Å². The number of rotatable bonds is 4. The van der Waals surface area contributed by atoms with Crippen LogP contribution in [0.15, 0.2) is 26.3 Å². The first kappa shape index (κ1) is 14.2. The molecule has 0 radical (unpaired) electrons. The Morgan fingerprint density at radius 2 is 2.30 bits per heavy atom. The molecule has 0 aliphatic carbocycles. The molecular weight excluding hydrogens is 362 g/mol. The summed E-state index contributed by atoms with van der Waals surface area (Å²) in [7, 11) is -3.47. The van der Waals surface area contributed by atoms with Gasteiger partial charge in [0.2, 0.25) is 0 Å². The first-order valence-electron chi connectivity index (χ1n) is 6.34. The van der Waals surface area contributed by atoms with Crippen molar-refractivity contribution in [1.29, 1.82) is 0 Å². The molecule has 8 heteroatoms. The Kier molecular flexibility index (Phi) is 3.98. The summed E-state index contributed by atoms with van der Waals surface area (Å²) >= 11 is 4.44. The highest BCUT2D eigenvalue weighted by Crippen LogP contribution is 2.27. The third kappa shape index (κ3) is 2.83. The zero-order valence-electron chi connectivity index (χ0n) is 10.7. The third-order valence-corrected chi connectivity index (χ3v) is 7.30. The van der Waals surface area contributed by atoms with Gasteiger partial charge in [-0.3, -0.25) is 0 Å². The number of thiophene rings is 1. The number of fused-ring (bicyclic) bond motifs is 1. The molecule has 3 rings (SSSR count). The van der Waals surface area contributed by atoms with E-state index in [0.717, 1.165) is 37.3 Å². The van der Waals surface area contributed by atoms with E-state index >= 15 is 0 Å². The number of nitrogens with one attached hydrogen (secondary N) is 1. The molecule has 0 aromatic carbocycles. The van der Waals surface area contributed by atoms with Gasteiger partial charge in [-0.25, -0.2) is 18.1 Å². The molecule has 0 saturated carbocycles. The lowest BCUT2D eigenvalue weighted by Crippen LogP contribution is -2.22. The maximum Gasteiger partial charge on any atom is 0.251 e. The van der Waals surface area contributed by atoms with Gasteiger partial charge < -0.3 is 4.57 Å². The predicted molar refractivity (Wildman–Crippen MR) is 81.2 cm³/mol. The predicted octanol–water partition coefficient (Wildman–Crippen LogP) is 2.52. The second kappa shape index (κ2) is 5.59.